The molecule has 5 heteroatoms. The molecule has 1 heterocycles. The highest BCUT2D eigenvalue weighted by Gasteiger charge is 2.17. The number of hydrogen-bond acceptors (Lipinski definition) is 2. The van der Waals surface area contributed by atoms with Gasteiger partial charge in [0.25, 0.3) is 0 Å². The van der Waals surface area contributed by atoms with Crippen molar-refractivity contribution in [1.29, 1.82) is 0 Å². The fourth-order valence-electron chi connectivity index (χ4n) is 3.24. The van der Waals surface area contributed by atoms with Gasteiger partial charge < -0.3 is 15.5 Å². The minimum atomic E-state index is 0.667. The standard InChI is InChI=1S/C20H22Cl2N2O/c1-12-9-14(25-2)11-16-15(5-3-4-8-23)20(24-19(12)16)17-10-13(21)6-7-18(17)22/h6-7,9-11,24H,3-5,8,23H2,1-2H3. The number of aromatic amines is 1. The number of aryl methyl sites for hydroxylation is 2. The Kier molecular flexibility index (Phi) is 5.57. The third-order valence-electron chi connectivity index (χ3n) is 4.50. The van der Waals surface area contributed by atoms with Crippen molar-refractivity contribution in [3.8, 4) is 17.0 Å². The molecule has 0 unspecified atom stereocenters. The summed E-state index contributed by atoms with van der Waals surface area (Å²) >= 11 is 12.7. The monoisotopic (exact) mass is 376 g/mol. The van der Waals surface area contributed by atoms with E-state index >= 15 is 0 Å². The molecule has 2 aromatic carbocycles. The number of fused-ring (bicyclic) bond motifs is 1. The SMILES string of the molecule is COc1cc(C)c2[nH]c(-c3cc(Cl)ccc3Cl)c(CCCCN)c2c1. The number of nitrogens with two attached hydrogens (primary N) is 1. The Hall–Kier alpha value is -1.68. The first-order valence-electron chi connectivity index (χ1n) is 8.39. The molecule has 1 aromatic heterocycles. The van der Waals surface area contributed by atoms with Gasteiger partial charge in [-0.3, -0.25) is 0 Å². The summed E-state index contributed by atoms with van der Waals surface area (Å²) in [5.41, 5.74) is 11.1. The van der Waals surface area contributed by atoms with Crippen molar-refractivity contribution in [1.82, 2.24) is 4.98 Å². The molecule has 0 aliphatic rings. The first-order chi connectivity index (χ1) is 12.0. The molecule has 3 N–H and O–H groups in total. The molecule has 0 spiro atoms. The Morgan fingerprint density at radius 3 is 2.64 bits per heavy atom. The minimum absolute atomic E-state index is 0.667. The quantitative estimate of drug-likeness (QED) is 0.538. The van der Waals surface area contributed by atoms with Crippen LogP contribution in [0.25, 0.3) is 22.2 Å². The number of hydrogen-bond donors (Lipinski definition) is 2. The van der Waals surface area contributed by atoms with Crippen molar-refractivity contribution in [3.05, 3.63) is 51.5 Å². The predicted molar refractivity (Wildman–Crippen MR) is 107 cm³/mol. The fraction of sp³-hybridized carbons (Fsp3) is 0.300. The lowest BCUT2D eigenvalue weighted by Crippen LogP contribution is -1.99. The normalized spacial score (nSPS) is 11.2. The minimum Gasteiger partial charge on any atom is -0.497 e. The van der Waals surface area contributed by atoms with E-state index in [2.05, 4.69) is 18.0 Å². The average molecular weight is 377 g/mol. The van der Waals surface area contributed by atoms with E-state index in [9.17, 15) is 0 Å². The number of methoxy groups -OCH3 is 1. The van der Waals surface area contributed by atoms with E-state index in [4.69, 9.17) is 33.7 Å². The zero-order valence-electron chi connectivity index (χ0n) is 14.5. The molecule has 0 fully saturated rings. The highest BCUT2D eigenvalue weighted by atomic mass is 35.5. The maximum Gasteiger partial charge on any atom is 0.119 e. The molecule has 3 aromatic rings. The van der Waals surface area contributed by atoms with Crippen LogP contribution in [0.5, 0.6) is 5.75 Å². The van der Waals surface area contributed by atoms with Crippen LogP contribution in [0, 0.1) is 6.92 Å². The Morgan fingerprint density at radius 1 is 1.12 bits per heavy atom. The second-order valence-corrected chi connectivity index (χ2v) is 7.06. The van der Waals surface area contributed by atoms with E-state index in [0.29, 0.717) is 16.6 Å². The second kappa shape index (κ2) is 7.69. The Morgan fingerprint density at radius 2 is 1.92 bits per heavy atom. The van der Waals surface area contributed by atoms with Gasteiger partial charge in [0.2, 0.25) is 0 Å². The Labute approximate surface area is 158 Å². The van der Waals surface area contributed by atoms with Gasteiger partial charge in [0.1, 0.15) is 5.75 Å². The first-order valence-corrected chi connectivity index (χ1v) is 9.15. The van der Waals surface area contributed by atoms with Gasteiger partial charge in [-0.05, 0) is 74.2 Å². The summed E-state index contributed by atoms with van der Waals surface area (Å²) in [5.74, 6) is 0.854. The molecule has 132 valence electrons. The first kappa shape index (κ1) is 18.1. The van der Waals surface area contributed by atoms with Gasteiger partial charge in [0.15, 0.2) is 0 Å². The van der Waals surface area contributed by atoms with Gasteiger partial charge in [0.05, 0.1) is 12.8 Å². The number of nitrogens with one attached hydrogen (secondary N) is 1. The summed E-state index contributed by atoms with van der Waals surface area (Å²) in [6.45, 7) is 2.77. The number of halogens is 2. The van der Waals surface area contributed by atoms with Crippen LogP contribution in [-0.2, 0) is 6.42 Å². The molecule has 3 rings (SSSR count). The van der Waals surface area contributed by atoms with Crippen LogP contribution < -0.4 is 10.5 Å². The van der Waals surface area contributed by atoms with E-state index < -0.39 is 0 Å². The molecular formula is C20H22Cl2N2O. The average Bonchev–Trinajstić information content (AvgIpc) is 2.96. The van der Waals surface area contributed by atoms with Crippen molar-refractivity contribution in [2.24, 2.45) is 5.73 Å². The maximum absolute atomic E-state index is 6.47. The molecule has 0 atom stereocenters. The van der Waals surface area contributed by atoms with E-state index in [1.165, 1.54) is 10.9 Å². The van der Waals surface area contributed by atoms with Crippen LogP contribution in [-0.4, -0.2) is 18.6 Å². The van der Waals surface area contributed by atoms with Crippen LogP contribution in [0.1, 0.15) is 24.0 Å². The van der Waals surface area contributed by atoms with Gasteiger partial charge in [-0.25, -0.2) is 0 Å². The third kappa shape index (κ3) is 3.64. The summed E-state index contributed by atoms with van der Waals surface area (Å²) in [5, 5.41) is 2.51. The predicted octanol–water partition coefficient (Wildman–Crippen LogP) is 5.74. The van der Waals surface area contributed by atoms with E-state index in [1.807, 2.05) is 18.2 Å². The summed E-state index contributed by atoms with van der Waals surface area (Å²) in [6.07, 6.45) is 2.92. The Bertz CT molecular complexity index is 902. The number of aromatic nitrogens is 1. The lowest BCUT2D eigenvalue weighted by Gasteiger charge is -2.08. The van der Waals surface area contributed by atoms with E-state index in [-0.39, 0.29) is 0 Å². The highest BCUT2D eigenvalue weighted by molar-refractivity contribution is 6.35. The zero-order valence-corrected chi connectivity index (χ0v) is 16.0. The van der Waals surface area contributed by atoms with Gasteiger partial charge in [-0.2, -0.15) is 0 Å². The van der Waals surface area contributed by atoms with Crippen LogP contribution in [0.15, 0.2) is 30.3 Å². The van der Waals surface area contributed by atoms with Gasteiger partial charge in [-0.15, -0.1) is 0 Å². The molecule has 0 saturated heterocycles. The summed E-state index contributed by atoms with van der Waals surface area (Å²) < 4.78 is 5.46. The van der Waals surface area contributed by atoms with Crippen molar-refractivity contribution in [2.75, 3.05) is 13.7 Å². The molecule has 0 bridgehead atoms. The molecule has 3 nitrogen and oxygen atoms in total. The second-order valence-electron chi connectivity index (χ2n) is 6.22. The molecule has 25 heavy (non-hydrogen) atoms. The van der Waals surface area contributed by atoms with Crippen molar-refractivity contribution < 1.29 is 4.74 Å². The van der Waals surface area contributed by atoms with Crippen LogP contribution >= 0.6 is 23.2 Å². The maximum atomic E-state index is 6.47. The zero-order chi connectivity index (χ0) is 18.0. The van der Waals surface area contributed by atoms with Crippen molar-refractivity contribution in [3.63, 3.8) is 0 Å². The van der Waals surface area contributed by atoms with Crippen LogP contribution in [0.3, 0.4) is 0 Å². The third-order valence-corrected chi connectivity index (χ3v) is 5.06. The summed E-state index contributed by atoms with van der Waals surface area (Å²) in [4.78, 5) is 3.57. The summed E-state index contributed by atoms with van der Waals surface area (Å²) in [7, 11) is 1.69. The van der Waals surface area contributed by atoms with Crippen molar-refractivity contribution in [2.45, 2.75) is 26.2 Å². The molecule has 0 aliphatic carbocycles. The fourth-order valence-corrected chi connectivity index (χ4v) is 3.62. The number of unbranched alkanes of at least 4 members (excludes halogenated alkanes) is 1. The summed E-state index contributed by atoms with van der Waals surface area (Å²) in [6, 6.07) is 9.66. The Balaban J connectivity index is 2.24. The topological polar surface area (TPSA) is 51.0 Å². The molecule has 0 radical (unpaired) electrons. The molecular weight excluding hydrogens is 355 g/mol. The number of H-pyrrole nitrogens is 1. The highest BCUT2D eigenvalue weighted by Crippen LogP contribution is 2.38. The van der Waals surface area contributed by atoms with Gasteiger partial charge >= 0.3 is 0 Å². The lowest BCUT2D eigenvalue weighted by atomic mass is 9.99. The van der Waals surface area contributed by atoms with Crippen molar-refractivity contribution >= 4 is 34.1 Å². The van der Waals surface area contributed by atoms with Crippen LogP contribution in [0.4, 0.5) is 0 Å². The van der Waals surface area contributed by atoms with Crippen LogP contribution in [0.2, 0.25) is 10.0 Å². The lowest BCUT2D eigenvalue weighted by molar-refractivity contribution is 0.415. The number of ether oxygens (including phenoxy) is 1. The largest absolute Gasteiger partial charge is 0.497 e. The van der Waals surface area contributed by atoms with Gasteiger partial charge in [-0.1, -0.05) is 23.2 Å². The van der Waals surface area contributed by atoms with E-state index in [0.717, 1.165) is 47.3 Å². The van der Waals surface area contributed by atoms with E-state index in [1.54, 1.807) is 13.2 Å². The molecule has 0 amide bonds. The number of benzene rings is 2. The molecule has 0 saturated carbocycles. The molecule has 0 aliphatic heterocycles. The smallest absolute Gasteiger partial charge is 0.119 e. The number of rotatable bonds is 6. The van der Waals surface area contributed by atoms with Gasteiger partial charge in [0, 0.05) is 26.5 Å².